The molecule has 2 aromatic heterocycles. The van der Waals surface area contributed by atoms with Crippen LogP contribution in [0.1, 0.15) is 40.1 Å². The van der Waals surface area contributed by atoms with Crippen molar-refractivity contribution in [1.29, 1.82) is 5.26 Å². The zero-order valence-corrected chi connectivity index (χ0v) is 24.4. The van der Waals surface area contributed by atoms with E-state index in [2.05, 4.69) is 55.3 Å². The van der Waals surface area contributed by atoms with E-state index in [-0.39, 0.29) is 6.04 Å². The van der Waals surface area contributed by atoms with Crippen molar-refractivity contribution >= 4 is 62.5 Å². The van der Waals surface area contributed by atoms with Gasteiger partial charge in [-0.15, -0.1) is 11.3 Å². The molecule has 11 heteroatoms. The molecule has 0 fully saturated rings. The van der Waals surface area contributed by atoms with Crippen LogP contribution in [0.2, 0.25) is 10.0 Å². The molecule has 2 aromatic carbocycles. The van der Waals surface area contributed by atoms with Gasteiger partial charge in [-0.2, -0.15) is 10.8 Å². The molecular weight excluding hydrogens is 563 g/mol. The first-order chi connectivity index (χ1) is 19.4. The number of aromatic nitrogens is 1. The molecule has 204 valence electrons. The number of nitriles is 1. The van der Waals surface area contributed by atoms with Crippen LogP contribution in [0, 0.1) is 18.3 Å². The maximum Gasteiger partial charge on any atom is 0.103 e. The third-order valence-corrected chi connectivity index (χ3v) is 9.16. The van der Waals surface area contributed by atoms with Crippen molar-refractivity contribution in [3.8, 4) is 6.07 Å². The van der Waals surface area contributed by atoms with E-state index >= 15 is 0 Å². The van der Waals surface area contributed by atoms with Crippen molar-refractivity contribution in [3.63, 3.8) is 0 Å². The minimum absolute atomic E-state index is 0.149. The van der Waals surface area contributed by atoms with Crippen LogP contribution in [0.15, 0.2) is 53.8 Å². The Kier molecular flexibility index (Phi) is 7.45. The number of benzene rings is 2. The Bertz CT molecular complexity index is 1680. The number of hydrogen-bond donors (Lipinski definition) is 5. The lowest BCUT2D eigenvalue weighted by Gasteiger charge is -2.28. The minimum Gasteiger partial charge on any atom is -0.373 e. The smallest absolute Gasteiger partial charge is 0.103 e. The fourth-order valence-electron chi connectivity index (χ4n) is 5.20. The fourth-order valence-corrected chi connectivity index (χ4v) is 6.81. The van der Waals surface area contributed by atoms with Gasteiger partial charge in [-0.1, -0.05) is 36.2 Å². The van der Waals surface area contributed by atoms with Crippen LogP contribution in [0.4, 0.5) is 17.1 Å². The van der Waals surface area contributed by atoms with E-state index < -0.39 is 0 Å². The van der Waals surface area contributed by atoms with Gasteiger partial charge in [-0.25, -0.2) is 0 Å². The lowest BCUT2D eigenvalue weighted by Crippen LogP contribution is -2.34. The van der Waals surface area contributed by atoms with E-state index in [4.69, 9.17) is 23.2 Å². The van der Waals surface area contributed by atoms with Crippen molar-refractivity contribution in [2.24, 2.45) is 0 Å². The van der Waals surface area contributed by atoms with Crippen LogP contribution in [0.5, 0.6) is 0 Å². The molecule has 40 heavy (non-hydrogen) atoms. The number of pyridine rings is 1. The molecule has 2 aliphatic rings. The number of nitrogens with one attached hydrogen (secondary N) is 5. The molecule has 0 unspecified atom stereocenters. The molecule has 6 rings (SSSR count). The second-order valence-corrected chi connectivity index (χ2v) is 11.7. The number of hydrogen-bond acceptors (Lipinski definition) is 9. The van der Waals surface area contributed by atoms with Crippen LogP contribution < -0.4 is 27.0 Å². The molecule has 0 bridgehead atoms. The number of nitrogens with zero attached hydrogens (tertiary/aromatic N) is 3. The first kappa shape index (κ1) is 26.7. The number of thiophene rings is 1. The largest absolute Gasteiger partial charge is 0.373 e. The number of hydrazine groups is 2. The van der Waals surface area contributed by atoms with E-state index in [1.165, 1.54) is 16.0 Å². The van der Waals surface area contributed by atoms with Crippen molar-refractivity contribution in [1.82, 2.24) is 26.3 Å². The highest BCUT2D eigenvalue weighted by Gasteiger charge is 2.28. The van der Waals surface area contributed by atoms with Crippen LogP contribution in [0.25, 0.3) is 10.9 Å². The van der Waals surface area contributed by atoms with E-state index in [0.717, 1.165) is 54.1 Å². The van der Waals surface area contributed by atoms with Gasteiger partial charge < -0.3 is 21.5 Å². The van der Waals surface area contributed by atoms with E-state index in [0.29, 0.717) is 26.8 Å². The van der Waals surface area contributed by atoms with Crippen LogP contribution in [-0.2, 0) is 13.0 Å². The first-order valence-corrected chi connectivity index (χ1v) is 14.7. The quantitative estimate of drug-likeness (QED) is 0.166. The SMILES string of the molecule is CCN1CCc2c([C@H](Nc3cc(Cl)c4ncc(C#N)c(Nc5ccc(C)c(Cl)c5)c4c3)C3=CNNN3)csc2C1. The summed E-state index contributed by atoms with van der Waals surface area (Å²) in [6.45, 7) is 7.24. The van der Waals surface area contributed by atoms with Crippen molar-refractivity contribution in [3.05, 3.63) is 91.0 Å². The van der Waals surface area contributed by atoms with Gasteiger partial charge in [-0.05, 0) is 66.2 Å². The van der Waals surface area contributed by atoms with Gasteiger partial charge in [0, 0.05) is 52.1 Å². The van der Waals surface area contributed by atoms with Gasteiger partial charge in [-0.3, -0.25) is 9.88 Å². The van der Waals surface area contributed by atoms with Gasteiger partial charge in [0.25, 0.3) is 0 Å². The molecule has 0 radical (unpaired) electrons. The maximum atomic E-state index is 9.92. The Morgan fingerprint density at radius 3 is 2.80 bits per heavy atom. The third-order valence-electron chi connectivity index (χ3n) is 7.43. The second kappa shape index (κ2) is 11.2. The highest BCUT2D eigenvalue weighted by molar-refractivity contribution is 7.10. The molecule has 5 N–H and O–H groups in total. The topological polar surface area (TPSA) is 100 Å². The van der Waals surface area contributed by atoms with E-state index in [9.17, 15) is 5.26 Å². The molecule has 0 spiro atoms. The summed E-state index contributed by atoms with van der Waals surface area (Å²) in [6, 6.07) is 11.7. The Morgan fingerprint density at radius 2 is 2.05 bits per heavy atom. The summed E-state index contributed by atoms with van der Waals surface area (Å²) < 4.78 is 0. The molecule has 4 aromatic rings. The minimum atomic E-state index is -0.149. The summed E-state index contributed by atoms with van der Waals surface area (Å²) >= 11 is 15.0. The van der Waals surface area contributed by atoms with Gasteiger partial charge in [0.05, 0.1) is 33.5 Å². The molecule has 1 atom stereocenters. The molecule has 0 saturated heterocycles. The van der Waals surface area contributed by atoms with E-state index in [1.54, 1.807) is 6.20 Å². The fraction of sp³-hybridized carbons (Fsp3) is 0.241. The highest BCUT2D eigenvalue weighted by atomic mass is 35.5. The van der Waals surface area contributed by atoms with Crippen molar-refractivity contribution in [2.45, 2.75) is 32.9 Å². The summed E-state index contributed by atoms with van der Waals surface area (Å²) in [5.41, 5.74) is 17.1. The predicted octanol–water partition coefficient (Wildman–Crippen LogP) is 6.51. The lowest BCUT2D eigenvalue weighted by molar-refractivity contribution is 0.271. The Labute approximate surface area is 246 Å². The standard InChI is InChI=1S/C29H28Cl2N8S/c1-3-39-7-6-20-22(15-40-26(20)14-39)29(25-13-34-38-37-25)36-19-8-21-27(35-18-5-4-16(2)23(30)9-18)17(11-32)12-33-28(21)24(31)10-19/h4-5,8-10,12-13,15,29,34,36-38H,3,6-7,14H2,1-2H3,(H,33,35)/t29-/m0/s1. The molecule has 8 nitrogen and oxygen atoms in total. The van der Waals surface area contributed by atoms with Crippen molar-refractivity contribution in [2.75, 3.05) is 23.7 Å². The molecule has 0 amide bonds. The molecule has 0 aliphatic carbocycles. The zero-order valence-electron chi connectivity index (χ0n) is 22.0. The van der Waals surface area contributed by atoms with Gasteiger partial charge >= 0.3 is 0 Å². The summed E-state index contributed by atoms with van der Waals surface area (Å²) in [6.07, 6.45) is 4.48. The van der Waals surface area contributed by atoms with Gasteiger partial charge in [0.2, 0.25) is 0 Å². The number of anilines is 3. The summed E-state index contributed by atoms with van der Waals surface area (Å²) in [4.78, 5) is 8.40. The molecular formula is C29H28Cl2N8S. The maximum absolute atomic E-state index is 9.92. The molecule has 0 saturated carbocycles. The normalized spacial score (nSPS) is 15.5. The third kappa shape index (κ3) is 5.05. The number of fused-ring (bicyclic) bond motifs is 2. The summed E-state index contributed by atoms with van der Waals surface area (Å²) in [7, 11) is 0. The Balaban J connectivity index is 1.42. The first-order valence-electron chi connectivity index (χ1n) is 13.0. The molecule has 2 aliphatic heterocycles. The Morgan fingerprint density at radius 1 is 1.20 bits per heavy atom. The lowest BCUT2D eigenvalue weighted by atomic mass is 9.96. The van der Waals surface area contributed by atoms with Gasteiger partial charge in [0.1, 0.15) is 6.07 Å². The number of likely N-dealkylation sites (N-methyl/N-ethyl adjacent to an activating group) is 1. The van der Waals surface area contributed by atoms with E-state index in [1.807, 2.05) is 54.8 Å². The van der Waals surface area contributed by atoms with Crippen LogP contribution in [-0.4, -0.2) is 23.0 Å². The average Bonchev–Trinajstić information content (AvgIpc) is 3.64. The second-order valence-electron chi connectivity index (χ2n) is 9.88. The number of halogens is 2. The molecule has 4 heterocycles. The van der Waals surface area contributed by atoms with Crippen LogP contribution in [0.3, 0.4) is 0 Å². The van der Waals surface area contributed by atoms with Gasteiger partial charge in [0.15, 0.2) is 0 Å². The van der Waals surface area contributed by atoms with Crippen LogP contribution >= 0.6 is 34.5 Å². The monoisotopic (exact) mass is 590 g/mol. The Hall–Kier alpha value is -3.52. The average molecular weight is 592 g/mol. The highest BCUT2D eigenvalue weighted by Crippen LogP contribution is 2.39. The van der Waals surface area contributed by atoms with Crippen molar-refractivity contribution < 1.29 is 0 Å². The predicted molar refractivity (Wildman–Crippen MR) is 164 cm³/mol. The number of aryl methyl sites for hydroxylation is 1. The summed E-state index contributed by atoms with van der Waals surface area (Å²) in [5.74, 6) is 0. The zero-order chi connectivity index (χ0) is 27.8. The summed E-state index contributed by atoms with van der Waals surface area (Å²) in [5, 5.41) is 21.2. The number of rotatable bonds is 7.